The number of fused-ring (bicyclic) bond motifs is 1. The maximum absolute atomic E-state index is 12.5. The molecule has 1 saturated heterocycles. The predicted octanol–water partition coefficient (Wildman–Crippen LogP) is 1.99. The van der Waals surface area contributed by atoms with Crippen LogP contribution in [-0.2, 0) is 22.7 Å². The molecule has 0 aromatic carbocycles. The van der Waals surface area contributed by atoms with Crippen LogP contribution in [0.25, 0.3) is 0 Å². The lowest BCUT2D eigenvalue weighted by Crippen LogP contribution is -2.49. The van der Waals surface area contributed by atoms with Gasteiger partial charge in [-0.15, -0.1) is 4.72 Å². The molecule has 1 spiro atoms. The van der Waals surface area contributed by atoms with Crippen molar-refractivity contribution in [2.24, 2.45) is 5.41 Å². The average molecular weight is 410 g/mol. The molecule has 0 radical (unpaired) electrons. The molecule has 0 aliphatic carbocycles. The van der Waals surface area contributed by atoms with Crippen molar-refractivity contribution in [2.45, 2.75) is 57.1 Å². The zero-order valence-electron chi connectivity index (χ0n) is 15.5. The lowest BCUT2D eigenvalue weighted by Gasteiger charge is -2.39. The van der Waals surface area contributed by atoms with Gasteiger partial charge < -0.3 is 15.0 Å². The number of aromatic nitrogens is 2. The van der Waals surface area contributed by atoms with Crippen molar-refractivity contribution in [1.29, 1.82) is 0 Å². The van der Waals surface area contributed by atoms with Crippen molar-refractivity contribution in [3.63, 3.8) is 0 Å². The van der Waals surface area contributed by atoms with Crippen molar-refractivity contribution in [3.05, 3.63) is 18.0 Å². The van der Waals surface area contributed by atoms with Gasteiger partial charge in [0.25, 0.3) is 0 Å². The van der Waals surface area contributed by atoms with E-state index in [1.165, 1.54) is 5.69 Å². The van der Waals surface area contributed by atoms with Crippen LogP contribution in [0.2, 0.25) is 0 Å². The van der Waals surface area contributed by atoms with Crippen LogP contribution >= 0.6 is 0 Å². The van der Waals surface area contributed by atoms with E-state index in [9.17, 15) is 17.7 Å². The smallest absolute Gasteiger partial charge is 0.490 e. The lowest BCUT2D eigenvalue weighted by molar-refractivity contribution is -0.192. The number of nitrogens with one attached hydrogen (secondary N) is 2. The number of carbonyl (C=O) groups is 1. The van der Waals surface area contributed by atoms with Gasteiger partial charge in [0.05, 0.1) is 5.69 Å². The molecule has 2 aliphatic rings. The van der Waals surface area contributed by atoms with Gasteiger partial charge in [-0.2, -0.15) is 18.3 Å². The second-order valence-corrected chi connectivity index (χ2v) is 9.76. The third-order valence-corrected chi connectivity index (χ3v) is 6.31. The Bertz CT molecular complexity index is 654. The Morgan fingerprint density at radius 1 is 1.41 bits per heavy atom. The summed E-state index contributed by atoms with van der Waals surface area (Å²) < 4.78 is 49.5. The fourth-order valence-electron chi connectivity index (χ4n) is 3.26. The summed E-state index contributed by atoms with van der Waals surface area (Å²) >= 11 is -1.06. The second-order valence-electron chi connectivity index (χ2n) is 7.76. The maximum Gasteiger partial charge on any atom is 0.490 e. The van der Waals surface area contributed by atoms with Crippen molar-refractivity contribution in [1.82, 2.24) is 19.8 Å². The largest absolute Gasteiger partial charge is 0.598 e. The molecule has 3 N–H and O–H groups in total. The van der Waals surface area contributed by atoms with Crippen molar-refractivity contribution < 1.29 is 27.6 Å². The van der Waals surface area contributed by atoms with Crippen LogP contribution in [0.3, 0.4) is 0 Å². The van der Waals surface area contributed by atoms with E-state index in [2.05, 4.69) is 25.9 Å². The van der Waals surface area contributed by atoms with E-state index in [4.69, 9.17) is 9.90 Å². The molecule has 7 nitrogen and oxygen atoms in total. The highest BCUT2D eigenvalue weighted by Crippen LogP contribution is 2.48. The fraction of sp³-hybridized carbons (Fsp3) is 0.750. The first kappa shape index (κ1) is 22.0. The predicted molar refractivity (Wildman–Crippen MR) is 94.2 cm³/mol. The number of halogens is 3. The summed E-state index contributed by atoms with van der Waals surface area (Å²) in [5.41, 5.74) is 1.35. The normalized spacial score (nSPS) is 22.7. The van der Waals surface area contributed by atoms with E-state index in [0.29, 0.717) is 0 Å². The summed E-state index contributed by atoms with van der Waals surface area (Å²) in [5.74, 6) is -2.76. The molecule has 2 atom stereocenters. The Kier molecular flexibility index (Phi) is 6.50. The molecule has 1 aromatic rings. The highest BCUT2D eigenvalue weighted by Gasteiger charge is 2.50. The van der Waals surface area contributed by atoms with E-state index in [1.807, 2.05) is 27.0 Å². The number of nitrogens with zero attached hydrogens (tertiary/aromatic N) is 2. The molecule has 154 valence electrons. The minimum atomic E-state index is -5.08. The molecule has 1 aromatic heterocycles. The Morgan fingerprint density at radius 2 is 1.96 bits per heavy atom. The molecular weight excluding hydrogens is 385 g/mol. The Labute approximate surface area is 159 Å². The van der Waals surface area contributed by atoms with Crippen LogP contribution in [0.15, 0.2) is 12.3 Å². The zero-order chi connectivity index (χ0) is 20.5. The minimum Gasteiger partial charge on any atom is -0.598 e. The van der Waals surface area contributed by atoms with Crippen LogP contribution in [0.5, 0.6) is 0 Å². The number of rotatable bonds is 2. The summed E-state index contributed by atoms with van der Waals surface area (Å²) in [6.45, 7) is 9.04. The van der Waals surface area contributed by atoms with Gasteiger partial charge in [0.2, 0.25) is 0 Å². The van der Waals surface area contributed by atoms with Gasteiger partial charge in [-0.1, -0.05) is 0 Å². The summed E-state index contributed by atoms with van der Waals surface area (Å²) in [4.78, 5) is 8.90. The lowest BCUT2D eigenvalue weighted by atomic mass is 9.74. The molecule has 3 heterocycles. The quantitative estimate of drug-likeness (QED) is 0.645. The number of hydrogen-bond donors (Lipinski definition) is 3. The first-order valence-electron chi connectivity index (χ1n) is 8.57. The molecule has 1 unspecified atom stereocenters. The van der Waals surface area contributed by atoms with Gasteiger partial charge in [0, 0.05) is 29.5 Å². The maximum atomic E-state index is 12.5. The van der Waals surface area contributed by atoms with Crippen LogP contribution in [0.1, 0.15) is 45.3 Å². The number of carboxylic acid groups (broad SMARTS) is 1. The minimum absolute atomic E-state index is 0.146. The summed E-state index contributed by atoms with van der Waals surface area (Å²) in [6.07, 6.45) is -1.03. The Balaban J connectivity index is 0.000000321. The van der Waals surface area contributed by atoms with E-state index in [-0.39, 0.29) is 16.2 Å². The monoisotopic (exact) mass is 410 g/mol. The Hall–Kier alpha value is -1.30. The summed E-state index contributed by atoms with van der Waals surface area (Å²) in [5, 5.41) is 15.0. The van der Waals surface area contributed by atoms with Gasteiger partial charge in [0.1, 0.15) is 10.8 Å². The first-order valence-corrected chi connectivity index (χ1v) is 9.72. The van der Waals surface area contributed by atoms with Crippen molar-refractivity contribution >= 4 is 17.3 Å². The summed E-state index contributed by atoms with van der Waals surface area (Å²) in [6, 6.07) is 2.21. The fourth-order valence-corrected chi connectivity index (χ4v) is 4.20. The average Bonchev–Trinajstić information content (AvgIpc) is 3.08. The topological polar surface area (TPSA) is 102 Å². The number of carboxylic acids is 1. The molecule has 11 heteroatoms. The standard InChI is InChI=1S/C14H24N4OS.C2HF3O2/c1-13(2,3)20(19)17-12-11-4-7-16-18(11)10-14(12)5-8-15-9-6-14;3-2(4,5)1(6)7/h4,7,12,15,17H,5-6,8-10H2,1-3H3;(H,6,7)/t12-,20?;/m1./s1. The van der Waals surface area contributed by atoms with Crippen LogP contribution in [0.4, 0.5) is 13.2 Å². The van der Waals surface area contributed by atoms with Gasteiger partial charge in [-0.25, -0.2) is 4.79 Å². The van der Waals surface area contributed by atoms with Gasteiger partial charge in [-0.05, 0) is 52.8 Å². The van der Waals surface area contributed by atoms with E-state index in [1.54, 1.807) is 0 Å². The molecule has 0 amide bonds. The third kappa shape index (κ3) is 5.15. The highest BCUT2D eigenvalue weighted by molar-refractivity contribution is 7.90. The van der Waals surface area contributed by atoms with Crippen LogP contribution < -0.4 is 10.0 Å². The second kappa shape index (κ2) is 7.98. The zero-order valence-corrected chi connectivity index (χ0v) is 16.3. The molecule has 2 aliphatic heterocycles. The van der Waals surface area contributed by atoms with Gasteiger partial charge >= 0.3 is 12.1 Å². The Morgan fingerprint density at radius 3 is 2.44 bits per heavy atom. The molecular formula is C16H25F3N4O3S. The molecule has 0 bridgehead atoms. The number of alkyl halides is 3. The number of piperidine rings is 1. The summed E-state index contributed by atoms with van der Waals surface area (Å²) in [7, 11) is 0. The van der Waals surface area contributed by atoms with Crippen LogP contribution in [0, 0.1) is 5.41 Å². The van der Waals surface area contributed by atoms with Crippen LogP contribution in [-0.4, -0.2) is 49.4 Å². The third-order valence-electron chi connectivity index (χ3n) is 4.75. The molecule has 3 rings (SSSR count). The van der Waals surface area contributed by atoms with E-state index >= 15 is 0 Å². The number of hydrogen-bond acceptors (Lipinski definition) is 5. The van der Waals surface area contributed by atoms with E-state index < -0.39 is 23.5 Å². The first-order chi connectivity index (χ1) is 12.4. The highest BCUT2D eigenvalue weighted by atomic mass is 32.2. The van der Waals surface area contributed by atoms with Crippen molar-refractivity contribution in [3.8, 4) is 0 Å². The molecule has 1 fully saturated rings. The number of aliphatic carboxylic acids is 1. The van der Waals surface area contributed by atoms with Crippen molar-refractivity contribution in [2.75, 3.05) is 13.1 Å². The van der Waals surface area contributed by atoms with Gasteiger partial charge in [-0.3, -0.25) is 4.68 Å². The SMILES string of the molecule is CC(C)(C)[S+]([O-])N[C@@H]1c2ccnn2CC12CCNCC2.O=C(O)C(F)(F)F. The molecule has 27 heavy (non-hydrogen) atoms. The molecule has 0 saturated carbocycles. The van der Waals surface area contributed by atoms with Gasteiger partial charge in [0.15, 0.2) is 0 Å². The van der Waals surface area contributed by atoms with E-state index in [0.717, 1.165) is 32.5 Å².